The molecule has 1 unspecified atom stereocenters. The van der Waals surface area contributed by atoms with Gasteiger partial charge in [0.25, 0.3) is 0 Å². The van der Waals surface area contributed by atoms with Crippen LogP contribution in [0.4, 0.5) is 4.39 Å². The lowest BCUT2D eigenvalue weighted by Crippen LogP contribution is -2.46. The Bertz CT molecular complexity index is 745. The largest absolute Gasteiger partial charge is 0.341 e. The highest BCUT2D eigenvalue weighted by Gasteiger charge is 2.33. The molecular formula is C19H27FN2O3S. The molecule has 26 heavy (non-hydrogen) atoms. The first-order valence-corrected chi connectivity index (χ1v) is 11.1. The van der Waals surface area contributed by atoms with Crippen molar-refractivity contribution in [1.29, 1.82) is 0 Å². The van der Waals surface area contributed by atoms with E-state index in [2.05, 4.69) is 4.90 Å². The molecule has 0 aromatic heterocycles. The molecule has 1 atom stereocenters. The van der Waals surface area contributed by atoms with Crippen LogP contribution in [-0.2, 0) is 21.1 Å². The second-order valence-corrected chi connectivity index (χ2v) is 9.84. The summed E-state index contributed by atoms with van der Waals surface area (Å²) in [5, 5.41) is 0. The quantitative estimate of drug-likeness (QED) is 0.778. The van der Waals surface area contributed by atoms with Gasteiger partial charge in [0.1, 0.15) is 5.82 Å². The summed E-state index contributed by atoms with van der Waals surface area (Å²) in [7, 11) is -1.27. The molecule has 1 aromatic carbocycles. The van der Waals surface area contributed by atoms with Gasteiger partial charge in [-0.15, -0.1) is 0 Å². The normalized spacial score (nSPS) is 23.8. The molecule has 0 saturated carbocycles. The number of hydrogen-bond acceptors (Lipinski definition) is 4. The molecule has 0 bridgehead atoms. The second kappa shape index (κ2) is 8.05. The lowest BCUT2D eigenvalue weighted by atomic mass is 9.90. The molecule has 3 rings (SSSR count). The van der Waals surface area contributed by atoms with Crippen molar-refractivity contribution < 1.29 is 17.6 Å². The minimum absolute atomic E-state index is 0.00400. The summed E-state index contributed by atoms with van der Waals surface area (Å²) < 4.78 is 36.5. The van der Waals surface area contributed by atoms with Crippen LogP contribution >= 0.6 is 0 Å². The molecule has 5 nitrogen and oxygen atoms in total. The summed E-state index contributed by atoms with van der Waals surface area (Å²) >= 11 is 0. The molecule has 2 heterocycles. The smallest absolute Gasteiger partial charge is 0.236 e. The number of benzene rings is 1. The zero-order valence-electron chi connectivity index (χ0n) is 15.2. The maximum absolute atomic E-state index is 13.3. The van der Waals surface area contributed by atoms with Crippen molar-refractivity contribution in [2.75, 3.05) is 38.2 Å². The topological polar surface area (TPSA) is 57.7 Å². The number of carbonyl (C=O) groups excluding carboxylic acids is 1. The van der Waals surface area contributed by atoms with Crippen LogP contribution in [0, 0.1) is 11.7 Å². The Morgan fingerprint density at radius 1 is 1.27 bits per heavy atom. The fourth-order valence-electron chi connectivity index (χ4n) is 3.93. The number of carbonyl (C=O) groups is 1. The summed E-state index contributed by atoms with van der Waals surface area (Å²) in [4.78, 5) is 16.2. The highest BCUT2D eigenvalue weighted by Crippen LogP contribution is 2.22. The number of likely N-dealkylation sites (tertiary alicyclic amines) is 1. The fraction of sp³-hybridized carbons (Fsp3) is 0.632. The summed E-state index contributed by atoms with van der Waals surface area (Å²) in [5.74, 6) is 0.588. The maximum Gasteiger partial charge on any atom is 0.236 e. The van der Waals surface area contributed by atoms with Crippen LogP contribution in [0.1, 0.15) is 24.8 Å². The number of likely N-dealkylation sites (N-methyl/N-ethyl adjacent to an activating group) is 1. The molecule has 0 radical (unpaired) electrons. The average Bonchev–Trinajstić information content (AvgIpc) is 2.96. The highest BCUT2D eigenvalue weighted by atomic mass is 32.2. The molecule has 2 saturated heterocycles. The first-order chi connectivity index (χ1) is 12.3. The van der Waals surface area contributed by atoms with Crippen molar-refractivity contribution in [3.05, 3.63) is 35.6 Å². The third kappa shape index (κ3) is 5.04. The lowest BCUT2D eigenvalue weighted by molar-refractivity contribution is -0.133. The number of nitrogens with zero attached hydrogens (tertiary/aromatic N) is 2. The highest BCUT2D eigenvalue weighted by molar-refractivity contribution is 7.91. The van der Waals surface area contributed by atoms with Crippen LogP contribution in [0.2, 0.25) is 0 Å². The van der Waals surface area contributed by atoms with E-state index in [0.717, 1.165) is 37.9 Å². The van der Waals surface area contributed by atoms with E-state index in [0.29, 0.717) is 18.9 Å². The van der Waals surface area contributed by atoms with E-state index >= 15 is 0 Å². The van der Waals surface area contributed by atoms with Crippen LogP contribution < -0.4 is 0 Å². The summed E-state index contributed by atoms with van der Waals surface area (Å²) in [6.45, 7) is 2.05. The zero-order valence-corrected chi connectivity index (χ0v) is 16.0. The van der Waals surface area contributed by atoms with Crippen LogP contribution in [-0.4, -0.2) is 68.4 Å². The van der Waals surface area contributed by atoms with Gasteiger partial charge >= 0.3 is 0 Å². The van der Waals surface area contributed by atoms with Crippen LogP contribution in [0.5, 0.6) is 0 Å². The summed E-state index contributed by atoms with van der Waals surface area (Å²) in [6, 6.07) is 6.59. The Labute approximate surface area is 155 Å². The van der Waals surface area contributed by atoms with E-state index in [-0.39, 0.29) is 29.3 Å². The zero-order chi connectivity index (χ0) is 18.7. The van der Waals surface area contributed by atoms with Gasteiger partial charge in [-0.05, 0) is 62.4 Å². The standard InChI is InChI=1S/C19H27FN2O3S/c1-21(18-7-10-26(24,25)14-18)19(23)13-22-8-5-15(6-9-22)11-16-3-2-4-17(20)12-16/h2-4,12,15,18H,5-11,13-14H2,1H3. The van der Waals surface area contributed by atoms with Gasteiger partial charge in [0.15, 0.2) is 9.84 Å². The Kier molecular flexibility index (Phi) is 5.97. The van der Waals surface area contributed by atoms with Gasteiger partial charge in [-0.2, -0.15) is 0 Å². The van der Waals surface area contributed by atoms with E-state index in [9.17, 15) is 17.6 Å². The number of amides is 1. The predicted octanol–water partition coefficient (Wildman–Crippen LogP) is 1.73. The molecule has 1 aromatic rings. The summed E-state index contributed by atoms with van der Waals surface area (Å²) in [5.41, 5.74) is 1.03. The third-order valence-electron chi connectivity index (χ3n) is 5.63. The molecule has 1 amide bonds. The molecule has 144 valence electrons. The van der Waals surface area contributed by atoms with Gasteiger partial charge in [-0.25, -0.2) is 12.8 Å². The minimum atomic E-state index is -2.98. The maximum atomic E-state index is 13.3. The molecule has 2 aliphatic heterocycles. The van der Waals surface area contributed by atoms with Gasteiger partial charge in [0, 0.05) is 13.1 Å². The Morgan fingerprint density at radius 2 is 2.00 bits per heavy atom. The number of piperidine rings is 1. The SMILES string of the molecule is CN(C(=O)CN1CCC(Cc2cccc(F)c2)CC1)C1CCS(=O)(=O)C1. The van der Waals surface area contributed by atoms with E-state index in [1.807, 2.05) is 6.07 Å². The molecule has 0 N–H and O–H groups in total. The van der Waals surface area contributed by atoms with Crippen LogP contribution in [0.25, 0.3) is 0 Å². The Balaban J connectivity index is 1.44. The van der Waals surface area contributed by atoms with Crippen molar-refractivity contribution in [1.82, 2.24) is 9.80 Å². The molecule has 2 fully saturated rings. The monoisotopic (exact) mass is 382 g/mol. The summed E-state index contributed by atoms with van der Waals surface area (Å²) in [6.07, 6.45) is 3.40. The van der Waals surface area contributed by atoms with Crippen LogP contribution in [0.3, 0.4) is 0 Å². The van der Waals surface area contributed by atoms with Gasteiger partial charge in [0.05, 0.1) is 18.1 Å². The molecule has 0 spiro atoms. The van der Waals surface area contributed by atoms with Crippen LogP contribution in [0.15, 0.2) is 24.3 Å². The van der Waals surface area contributed by atoms with Gasteiger partial charge in [0.2, 0.25) is 5.91 Å². The second-order valence-electron chi connectivity index (χ2n) is 7.62. The first-order valence-electron chi connectivity index (χ1n) is 9.25. The molecule has 2 aliphatic rings. The van der Waals surface area contributed by atoms with E-state index in [4.69, 9.17) is 0 Å². The predicted molar refractivity (Wildman–Crippen MR) is 99.1 cm³/mol. The Morgan fingerprint density at radius 3 is 2.62 bits per heavy atom. The number of rotatable bonds is 5. The van der Waals surface area contributed by atoms with Crippen molar-refractivity contribution in [3.63, 3.8) is 0 Å². The van der Waals surface area contributed by atoms with Gasteiger partial charge < -0.3 is 4.90 Å². The number of hydrogen-bond donors (Lipinski definition) is 0. The van der Waals surface area contributed by atoms with Crippen molar-refractivity contribution in [2.45, 2.75) is 31.7 Å². The Hall–Kier alpha value is -1.47. The molecule has 7 heteroatoms. The van der Waals surface area contributed by atoms with E-state index in [1.54, 1.807) is 24.1 Å². The van der Waals surface area contributed by atoms with E-state index < -0.39 is 9.84 Å². The lowest BCUT2D eigenvalue weighted by Gasteiger charge is -2.33. The van der Waals surface area contributed by atoms with Crippen molar-refractivity contribution in [2.24, 2.45) is 5.92 Å². The van der Waals surface area contributed by atoms with Gasteiger partial charge in [-0.3, -0.25) is 9.69 Å². The molecule has 0 aliphatic carbocycles. The van der Waals surface area contributed by atoms with E-state index in [1.165, 1.54) is 6.07 Å². The average molecular weight is 383 g/mol. The molecular weight excluding hydrogens is 355 g/mol. The first kappa shape index (κ1) is 19.3. The third-order valence-corrected chi connectivity index (χ3v) is 7.38. The van der Waals surface area contributed by atoms with Crippen molar-refractivity contribution >= 4 is 15.7 Å². The van der Waals surface area contributed by atoms with Crippen molar-refractivity contribution in [3.8, 4) is 0 Å². The van der Waals surface area contributed by atoms with Gasteiger partial charge in [-0.1, -0.05) is 12.1 Å². The minimum Gasteiger partial charge on any atom is -0.341 e. The fourth-order valence-corrected chi connectivity index (χ4v) is 5.71. The number of halogens is 1. The number of sulfone groups is 1.